The third kappa shape index (κ3) is 2.54. The Balaban J connectivity index is 2.18. The van der Waals surface area contributed by atoms with Crippen LogP contribution in [0, 0.1) is 0 Å². The summed E-state index contributed by atoms with van der Waals surface area (Å²) in [6.07, 6.45) is 1.83. The average Bonchev–Trinajstić information content (AvgIpc) is 3.06. The minimum atomic E-state index is -0.923. The van der Waals surface area contributed by atoms with E-state index in [0.29, 0.717) is 6.54 Å². The van der Waals surface area contributed by atoms with Crippen molar-refractivity contribution < 1.29 is 9.90 Å². The topological polar surface area (TPSA) is 68.0 Å². The van der Waals surface area contributed by atoms with Gasteiger partial charge in [0.2, 0.25) is 0 Å². The molecule has 0 unspecified atom stereocenters. The molecule has 2 aromatic heterocycles. The van der Waals surface area contributed by atoms with Crippen LogP contribution < -0.4 is 0 Å². The number of aromatic carboxylic acids is 1. The SMILES string of the molecule is CC(C)c1nc2ccc(C(=O)O)cc2n1Cc1cncs1. The number of imidazole rings is 1. The van der Waals surface area contributed by atoms with Crippen molar-refractivity contribution in [3.63, 3.8) is 0 Å². The average molecular weight is 301 g/mol. The zero-order valence-corrected chi connectivity index (χ0v) is 12.6. The van der Waals surface area contributed by atoms with Crippen molar-refractivity contribution in [3.05, 3.63) is 46.2 Å². The molecule has 0 aliphatic carbocycles. The van der Waals surface area contributed by atoms with E-state index in [1.54, 1.807) is 35.0 Å². The molecule has 3 aromatic rings. The van der Waals surface area contributed by atoms with Crippen molar-refractivity contribution in [1.29, 1.82) is 0 Å². The van der Waals surface area contributed by atoms with Crippen LogP contribution in [0.2, 0.25) is 0 Å². The van der Waals surface area contributed by atoms with Gasteiger partial charge < -0.3 is 9.67 Å². The number of hydrogen-bond acceptors (Lipinski definition) is 4. The Morgan fingerprint density at radius 2 is 2.24 bits per heavy atom. The Bertz CT molecular complexity index is 791. The molecule has 0 spiro atoms. The Labute approximate surface area is 125 Å². The lowest BCUT2D eigenvalue weighted by Gasteiger charge is -2.10. The first-order valence-corrected chi connectivity index (χ1v) is 7.55. The van der Waals surface area contributed by atoms with E-state index < -0.39 is 5.97 Å². The number of fused-ring (bicyclic) bond motifs is 1. The molecule has 21 heavy (non-hydrogen) atoms. The van der Waals surface area contributed by atoms with E-state index in [2.05, 4.69) is 28.4 Å². The Hall–Kier alpha value is -2.21. The van der Waals surface area contributed by atoms with Gasteiger partial charge in [0, 0.05) is 17.0 Å². The highest BCUT2D eigenvalue weighted by Crippen LogP contribution is 2.25. The number of carboxylic acid groups (broad SMARTS) is 1. The molecule has 0 aliphatic heterocycles. The van der Waals surface area contributed by atoms with Gasteiger partial charge in [-0.05, 0) is 18.2 Å². The summed E-state index contributed by atoms with van der Waals surface area (Å²) in [5, 5.41) is 9.17. The number of nitrogens with zero attached hydrogens (tertiary/aromatic N) is 3. The number of hydrogen-bond donors (Lipinski definition) is 1. The molecule has 108 valence electrons. The third-order valence-electron chi connectivity index (χ3n) is 3.34. The first-order chi connectivity index (χ1) is 10.1. The predicted octanol–water partition coefficient (Wildman–Crippen LogP) is 3.36. The molecule has 6 heteroatoms. The number of aromatic nitrogens is 3. The van der Waals surface area contributed by atoms with Gasteiger partial charge in [-0.15, -0.1) is 11.3 Å². The minimum Gasteiger partial charge on any atom is -0.478 e. The Morgan fingerprint density at radius 1 is 1.43 bits per heavy atom. The van der Waals surface area contributed by atoms with E-state index in [-0.39, 0.29) is 11.5 Å². The monoisotopic (exact) mass is 301 g/mol. The number of thiazole rings is 1. The summed E-state index contributed by atoms with van der Waals surface area (Å²) in [6.45, 7) is 4.84. The molecule has 1 aromatic carbocycles. The van der Waals surface area contributed by atoms with Gasteiger partial charge in [0.1, 0.15) is 5.82 Å². The summed E-state index contributed by atoms with van der Waals surface area (Å²) >= 11 is 1.58. The van der Waals surface area contributed by atoms with Crippen LogP contribution in [-0.2, 0) is 6.54 Å². The maximum Gasteiger partial charge on any atom is 0.335 e. The fourth-order valence-corrected chi connectivity index (χ4v) is 2.94. The van der Waals surface area contributed by atoms with Gasteiger partial charge in [0.25, 0.3) is 0 Å². The summed E-state index contributed by atoms with van der Waals surface area (Å²) < 4.78 is 2.08. The first kappa shape index (κ1) is 13.8. The van der Waals surface area contributed by atoms with Crippen molar-refractivity contribution >= 4 is 28.3 Å². The molecule has 0 saturated heterocycles. The van der Waals surface area contributed by atoms with Crippen molar-refractivity contribution in [3.8, 4) is 0 Å². The molecule has 0 atom stereocenters. The van der Waals surface area contributed by atoms with Crippen LogP contribution in [0.4, 0.5) is 0 Å². The lowest BCUT2D eigenvalue weighted by Crippen LogP contribution is -2.06. The molecule has 0 radical (unpaired) electrons. The van der Waals surface area contributed by atoms with E-state index in [9.17, 15) is 9.90 Å². The van der Waals surface area contributed by atoms with Gasteiger partial charge in [-0.2, -0.15) is 0 Å². The van der Waals surface area contributed by atoms with Crippen molar-refractivity contribution in [2.75, 3.05) is 0 Å². The van der Waals surface area contributed by atoms with E-state index in [4.69, 9.17) is 0 Å². The van der Waals surface area contributed by atoms with Crippen molar-refractivity contribution in [1.82, 2.24) is 14.5 Å². The molecule has 5 nitrogen and oxygen atoms in total. The van der Waals surface area contributed by atoms with E-state index in [0.717, 1.165) is 21.7 Å². The highest BCUT2D eigenvalue weighted by molar-refractivity contribution is 7.09. The van der Waals surface area contributed by atoms with Gasteiger partial charge in [0.15, 0.2) is 0 Å². The summed E-state index contributed by atoms with van der Waals surface area (Å²) in [6, 6.07) is 5.06. The Morgan fingerprint density at radius 3 is 2.86 bits per heavy atom. The van der Waals surface area contributed by atoms with Crippen molar-refractivity contribution in [2.45, 2.75) is 26.3 Å². The zero-order valence-electron chi connectivity index (χ0n) is 11.8. The van der Waals surface area contributed by atoms with E-state index >= 15 is 0 Å². The molecule has 0 aliphatic rings. The van der Waals surface area contributed by atoms with E-state index in [1.165, 1.54) is 0 Å². The fourth-order valence-electron chi connectivity index (χ4n) is 2.36. The van der Waals surface area contributed by atoms with Gasteiger partial charge in [0.05, 0.1) is 28.7 Å². The highest BCUT2D eigenvalue weighted by Gasteiger charge is 2.16. The molecule has 1 N–H and O–H groups in total. The van der Waals surface area contributed by atoms with Crippen LogP contribution in [0.15, 0.2) is 29.9 Å². The molecule has 3 rings (SSSR count). The molecule has 0 bridgehead atoms. The quantitative estimate of drug-likeness (QED) is 0.802. The summed E-state index contributed by atoms with van der Waals surface area (Å²) in [5.41, 5.74) is 3.76. The number of benzene rings is 1. The zero-order chi connectivity index (χ0) is 15.0. The standard InChI is InChI=1S/C15H15N3O2S/c1-9(2)14-17-12-4-3-10(15(19)20)5-13(12)18(14)7-11-6-16-8-21-11/h3-6,8-9H,7H2,1-2H3,(H,19,20). The third-order valence-corrected chi connectivity index (χ3v) is 4.10. The fraction of sp³-hybridized carbons (Fsp3) is 0.267. The largest absolute Gasteiger partial charge is 0.478 e. The minimum absolute atomic E-state index is 0.263. The second-order valence-electron chi connectivity index (χ2n) is 5.19. The number of carbonyl (C=O) groups is 1. The van der Waals surface area contributed by atoms with Gasteiger partial charge in [-0.25, -0.2) is 9.78 Å². The Kier molecular flexibility index (Phi) is 3.47. The van der Waals surface area contributed by atoms with Crippen LogP contribution >= 0.6 is 11.3 Å². The lowest BCUT2D eigenvalue weighted by atomic mass is 10.2. The predicted molar refractivity (Wildman–Crippen MR) is 82.0 cm³/mol. The summed E-state index contributed by atoms with van der Waals surface area (Å²) in [7, 11) is 0. The maximum absolute atomic E-state index is 11.2. The summed E-state index contributed by atoms with van der Waals surface area (Å²) in [5.74, 6) is 0.299. The van der Waals surface area contributed by atoms with Crippen LogP contribution in [0.1, 0.15) is 40.8 Å². The maximum atomic E-state index is 11.2. The first-order valence-electron chi connectivity index (χ1n) is 6.67. The molecule has 0 amide bonds. The second-order valence-corrected chi connectivity index (χ2v) is 6.16. The van der Waals surface area contributed by atoms with Crippen LogP contribution in [0.5, 0.6) is 0 Å². The van der Waals surface area contributed by atoms with Gasteiger partial charge in [-0.3, -0.25) is 4.98 Å². The number of rotatable bonds is 4. The molecular weight excluding hydrogens is 286 g/mol. The van der Waals surface area contributed by atoms with E-state index in [1.807, 2.05) is 6.20 Å². The number of carboxylic acids is 1. The second kappa shape index (κ2) is 5.29. The summed E-state index contributed by atoms with van der Waals surface area (Å²) in [4.78, 5) is 21.0. The van der Waals surface area contributed by atoms with Gasteiger partial charge >= 0.3 is 5.97 Å². The van der Waals surface area contributed by atoms with Gasteiger partial charge in [-0.1, -0.05) is 13.8 Å². The van der Waals surface area contributed by atoms with Crippen LogP contribution in [-0.4, -0.2) is 25.6 Å². The highest BCUT2D eigenvalue weighted by atomic mass is 32.1. The van der Waals surface area contributed by atoms with Crippen LogP contribution in [0.3, 0.4) is 0 Å². The molecular formula is C15H15N3O2S. The molecule has 0 saturated carbocycles. The lowest BCUT2D eigenvalue weighted by molar-refractivity contribution is 0.0697. The molecule has 0 fully saturated rings. The molecule has 2 heterocycles. The normalized spacial score (nSPS) is 11.4. The smallest absolute Gasteiger partial charge is 0.335 e. The van der Waals surface area contributed by atoms with Crippen LogP contribution in [0.25, 0.3) is 11.0 Å². The van der Waals surface area contributed by atoms with Crippen molar-refractivity contribution in [2.24, 2.45) is 0 Å².